The second-order valence-corrected chi connectivity index (χ2v) is 6.12. The van der Waals surface area contributed by atoms with Gasteiger partial charge in [-0.3, -0.25) is 9.59 Å². The predicted molar refractivity (Wildman–Crippen MR) is 96.9 cm³/mol. The minimum Gasteiger partial charge on any atom is -0.505 e. The summed E-state index contributed by atoms with van der Waals surface area (Å²) in [5.41, 5.74) is 2.32. The number of hydrogen-bond donors (Lipinski definition) is 2. The number of carbonyl (C=O) groups is 1. The Kier molecular flexibility index (Phi) is 4.27. The molecule has 3 rings (SSSR count). The molecule has 0 radical (unpaired) electrons. The number of benzene rings is 2. The molecule has 1 aromatic heterocycles. The molecule has 0 spiro atoms. The molecule has 0 saturated carbocycles. The number of phenolic OH excluding ortho intramolecular Hbond substituents is 1. The summed E-state index contributed by atoms with van der Waals surface area (Å²) < 4.78 is 1.24. The molecule has 2 N–H and O–H groups in total. The van der Waals surface area contributed by atoms with Gasteiger partial charge in [0.15, 0.2) is 0 Å². The third-order valence-corrected chi connectivity index (χ3v) is 4.08. The molecule has 1 heterocycles. The zero-order chi connectivity index (χ0) is 18.1. The summed E-state index contributed by atoms with van der Waals surface area (Å²) in [6, 6.07) is 10.6. The van der Waals surface area contributed by atoms with Gasteiger partial charge in [0.05, 0.1) is 23.2 Å². The zero-order valence-corrected chi connectivity index (χ0v) is 14.3. The number of anilines is 1. The topological polar surface area (TPSA) is 84.2 Å². The van der Waals surface area contributed by atoms with Gasteiger partial charge in [-0.15, -0.1) is 0 Å². The van der Waals surface area contributed by atoms with E-state index >= 15 is 0 Å². The van der Waals surface area contributed by atoms with Gasteiger partial charge >= 0.3 is 0 Å². The molecule has 0 saturated heterocycles. The van der Waals surface area contributed by atoms with E-state index < -0.39 is 0 Å². The van der Waals surface area contributed by atoms with E-state index in [-0.39, 0.29) is 23.6 Å². The molecule has 6 nitrogen and oxygen atoms in total. The van der Waals surface area contributed by atoms with Gasteiger partial charge in [-0.1, -0.05) is 24.3 Å². The van der Waals surface area contributed by atoms with Crippen molar-refractivity contribution >= 4 is 22.4 Å². The van der Waals surface area contributed by atoms with E-state index in [1.807, 2.05) is 13.0 Å². The van der Waals surface area contributed by atoms with Gasteiger partial charge < -0.3 is 10.4 Å². The van der Waals surface area contributed by atoms with Crippen molar-refractivity contribution in [1.82, 2.24) is 9.78 Å². The van der Waals surface area contributed by atoms with Crippen LogP contribution in [0.15, 0.2) is 41.2 Å². The van der Waals surface area contributed by atoms with Crippen LogP contribution < -0.4 is 10.9 Å². The number of nitrogens with one attached hydrogen (secondary N) is 1. The number of carbonyl (C=O) groups excluding carboxylic acids is 1. The summed E-state index contributed by atoms with van der Waals surface area (Å²) in [4.78, 5) is 24.6. The number of rotatable bonds is 3. The molecule has 3 aromatic rings. The molecule has 25 heavy (non-hydrogen) atoms. The largest absolute Gasteiger partial charge is 0.505 e. The number of aryl methyl sites for hydroxylation is 3. The predicted octanol–water partition coefficient (Wildman–Crippen LogP) is 2.44. The van der Waals surface area contributed by atoms with Crippen LogP contribution in [0.25, 0.3) is 10.8 Å². The lowest BCUT2D eigenvalue weighted by molar-refractivity contribution is -0.115. The molecule has 0 aliphatic carbocycles. The van der Waals surface area contributed by atoms with E-state index in [9.17, 15) is 14.7 Å². The molecule has 0 fully saturated rings. The van der Waals surface area contributed by atoms with E-state index in [2.05, 4.69) is 10.4 Å². The number of hydrogen-bond acceptors (Lipinski definition) is 4. The van der Waals surface area contributed by atoms with Crippen molar-refractivity contribution < 1.29 is 9.90 Å². The van der Waals surface area contributed by atoms with Crippen LogP contribution in [-0.4, -0.2) is 20.8 Å². The average molecular weight is 337 g/mol. The Bertz CT molecular complexity index is 1040. The molecule has 0 aliphatic rings. The van der Waals surface area contributed by atoms with Crippen molar-refractivity contribution in [1.29, 1.82) is 0 Å². The van der Waals surface area contributed by atoms with E-state index in [1.54, 1.807) is 44.3 Å². The van der Waals surface area contributed by atoms with Crippen LogP contribution >= 0.6 is 0 Å². The van der Waals surface area contributed by atoms with E-state index in [4.69, 9.17) is 0 Å². The Morgan fingerprint density at radius 1 is 1.20 bits per heavy atom. The number of aromatic hydroxyl groups is 1. The highest BCUT2D eigenvalue weighted by atomic mass is 16.3. The maximum Gasteiger partial charge on any atom is 0.274 e. The molecule has 0 aliphatic heterocycles. The number of aromatic nitrogens is 2. The SMILES string of the molecule is Cc1cc(C)c(O)c(NC(=O)Cc2nn(C)c(=O)c3ccccc23)c1. The fourth-order valence-electron chi connectivity index (χ4n) is 2.91. The third-order valence-electron chi connectivity index (χ3n) is 4.08. The molecule has 1 amide bonds. The lowest BCUT2D eigenvalue weighted by atomic mass is 10.1. The standard InChI is InChI=1S/C19H19N3O3/c1-11-8-12(2)18(24)16(9-11)20-17(23)10-15-13-6-4-5-7-14(13)19(25)22(3)21-15/h4-9,24H,10H2,1-3H3,(H,20,23). The summed E-state index contributed by atoms with van der Waals surface area (Å²) in [5.74, 6) is -0.256. The monoisotopic (exact) mass is 337 g/mol. The minimum atomic E-state index is -0.309. The van der Waals surface area contributed by atoms with Crippen molar-refractivity contribution in [3.8, 4) is 5.75 Å². The van der Waals surface area contributed by atoms with Crippen LogP contribution in [0.3, 0.4) is 0 Å². The lowest BCUT2D eigenvalue weighted by Crippen LogP contribution is -2.24. The van der Waals surface area contributed by atoms with Crippen molar-refractivity contribution in [2.24, 2.45) is 7.05 Å². The van der Waals surface area contributed by atoms with Crippen molar-refractivity contribution in [3.05, 3.63) is 63.6 Å². The zero-order valence-electron chi connectivity index (χ0n) is 14.3. The molecule has 128 valence electrons. The van der Waals surface area contributed by atoms with Gasteiger partial charge in [-0.2, -0.15) is 5.10 Å². The molecule has 0 unspecified atom stereocenters. The van der Waals surface area contributed by atoms with E-state index in [1.165, 1.54) is 4.68 Å². The number of fused-ring (bicyclic) bond motifs is 1. The Hall–Kier alpha value is -3.15. The molecule has 6 heteroatoms. The van der Waals surface area contributed by atoms with Gasteiger partial charge in [0.1, 0.15) is 5.75 Å². The highest BCUT2D eigenvalue weighted by Gasteiger charge is 2.14. The van der Waals surface area contributed by atoms with E-state index in [0.29, 0.717) is 27.7 Å². The molecule has 0 bridgehead atoms. The van der Waals surface area contributed by atoms with Gasteiger partial charge in [0.2, 0.25) is 5.91 Å². The first-order valence-electron chi connectivity index (χ1n) is 7.92. The second-order valence-electron chi connectivity index (χ2n) is 6.12. The van der Waals surface area contributed by atoms with Gasteiger partial charge in [-0.05, 0) is 37.1 Å². The Labute approximate surface area is 144 Å². The smallest absolute Gasteiger partial charge is 0.274 e. The normalized spacial score (nSPS) is 10.8. The number of phenols is 1. The van der Waals surface area contributed by atoms with Crippen LogP contribution in [-0.2, 0) is 18.3 Å². The quantitative estimate of drug-likeness (QED) is 0.719. The van der Waals surface area contributed by atoms with Gasteiger partial charge in [0, 0.05) is 12.4 Å². The Balaban J connectivity index is 1.93. The van der Waals surface area contributed by atoms with Crippen LogP contribution in [0.4, 0.5) is 5.69 Å². The van der Waals surface area contributed by atoms with Crippen molar-refractivity contribution in [2.75, 3.05) is 5.32 Å². The molecule has 0 atom stereocenters. The lowest BCUT2D eigenvalue weighted by Gasteiger charge is -2.12. The minimum absolute atomic E-state index is 0.00105. The fraction of sp³-hybridized carbons (Fsp3) is 0.211. The van der Waals surface area contributed by atoms with Crippen molar-refractivity contribution in [2.45, 2.75) is 20.3 Å². The summed E-state index contributed by atoms with van der Waals surface area (Å²) in [5, 5.41) is 18.2. The van der Waals surface area contributed by atoms with Crippen molar-refractivity contribution in [3.63, 3.8) is 0 Å². The average Bonchev–Trinajstić information content (AvgIpc) is 2.57. The first kappa shape index (κ1) is 16.7. The highest BCUT2D eigenvalue weighted by molar-refractivity contribution is 5.96. The second kappa shape index (κ2) is 6.39. The molecular formula is C19H19N3O3. The first-order chi connectivity index (χ1) is 11.9. The van der Waals surface area contributed by atoms with Crippen LogP contribution in [0.2, 0.25) is 0 Å². The third kappa shape index (κ3) is 3.24. The number of amides is 1. The van der Waals surface area contributed by atoms with Crippen LogP contribution in [0.1, 0.15) is 16.8 Å². The van der Waals surface area contributed by atoms with Crippen LogP contribution in [0, 0.1) is 13.8 Å². The first-order valence-corrected chi connectivity index (χ1v) is 7.92. The maximum absolute atomic E-state index is 12.4. The number of nitrogens with zero attached hydrogens (tertiary/aromatic N) is 2. The van der Waals surface area contributed by atoms with Gasteiger partial charge in [0.25, 0.3) is 5.56 Å². The summed E-state index contributed by atoms with van der Waals surface area (Å²) in [6.45, 7) is 3.67. The fourth-order valence-corrected chi connectivity index (χ4v) is 2.91. The molecule has 2 aromatic carbocycles. The summed E-state index contributed by atoms with van der Waals surface area (Å²) in [7, 11) is 1.56. The summed E-state index contributed by atoms with van der Waals surface area (Å²) in [6.07, 6.45) is 0.00105. The van der Waals surface area contributed by atoms with Gasteiger partial charge in [-0.25, -0.2) is 4.68 Å². The van der Waals surface area contributed by atoms with Crippen LogP contribution in [0.5, 0.6) is 5.75 Å². The maximum atomic E-state index is 12.4. The highest BCUT2D eigenvalue weighted by Crippen LogP contribution is 2.28. The Morgan fingerprint density at radius 2 is 1.88 bits per heavy atom. The Morgan fingerprint density at radius 3 is 2.60 bits per heavy atom. The molecular weight excluding hydrogens is 318 g/mol. The van der Waals surface area contributed by atoms with E-state index in [0.717, 1.165) is 5.56 Å². The summed E-state index contributed by atoms with van der Waals surface area (Å²) >= 11 is 0.